The van der Waals surface area contributed by atoms with Gasteiger partial charge in [0.05, 0.1) is 5.71 Å². The fraction of sp³-hybridized carbons (Fsp3) is 0.600. The van der Waals surface area contributed by atoms with Gasteiger partial charge < -0.3 is 14.3 Å². The van der Waals surface area contributed by atoms with E-state index in [1.165, 1.54) is 19.8 Å². The molecule has 3 aliphatic rings. The molecule has 4 rings (SSSR count). The molecule has 8 heteroatoms. The summed E-state index contributed by atoms with van der Waals surface area (Å²) in [5.41, 5.74) is 2.59. The maximum absolute atomic E-state index is 13.0. The summed E-state index contributed by atoms with van der Waals surface area (Å²) in [4.78, 5) is 18.5. The lowest BCUT2D eigenvalue weighted by atomic mass is 9.94. The Labute approximate surface area is 195 Å². The molecule has 2 fully saturated rings. The highest BCUT2D eigenvalue weighted by Gasteiger charge is 2.46. The summed E-state index contributed by atoms with van der Waals surface area (Å²) in [5.74, 6) is 6.48. The fourth-order valence-corrected chi connectivity index (χ4v) is 4.90. The van der Waals surface area contributed by atoms with E-state index in [9.17, 15) is 13.2 Å². The molecule has 0 aromatic heterocycles. The van der Waals surface area contributed by atoms with Crippen molar-refractivity contribution in [3.05, 3.63) is 35.4 Å². The van der Waals surface area contributed by atoms with Gasteiger partial charge >= 0.3 is 0 Å². The van der Waals surface area contributed by atoms with Crippen LogP contribution in [0.25, 0.3) is 0 Å². The van der Waals surface area contributed by atoms with Gasteiger partial charge in [0.2, 0.25) is 0 Å². The number of rotatable bonds is 8. The lowest BCUT2D eigenvalue weighted by molar-refractivity contribution is -0.170. The van der Waals surface area contributed by atoms with E-state index in [-0.39, 0.29) is 13.0 Å². The molecule has 0 N–H and O–H groups in total. The maximum Gasteiger partial charge on any atom is 0.179 e. The van der Waals surface area contributed by atoms with E-state index in [4.69, 9.17) is 14.3 Å². The van der Waals surface area contributed by atoms with Crippen LogP contribution in [0.5, 0.6) is 0 Å². The predicted octanol–water partition coefficient (Wildman–Crippen LogP) is 3.25. The third kappa shape index (κ3) is 6.03. The highest BCUT2D eigenvalue weighted by Crippen LogP contribution is 2.31. The van der Waals surface area contributed by atoms with Crippen LogP contribution in [0.3, 0.4) is 0 Å². The Morgan fingerprint density at radius 1 is 1.21 bits per heavy atom. The van der Waals surface area contributed by atoms with E-state index in [1.54, 1.807) is 0 Å². The van der Waals surface area contributed by atoms with Crippen LogP contribution in [0.2, 0.25) is 0 Å². The zero-order chi connectivity index (χ0) is 23.5. The molecule has 33 heavy (non-hydrogen) atoms. The first-order valence-electron chi connectivity index (χ1n) is 11.6. The Morgan fingerprint density at radius 2 is 1.97 bits per heavy atom. The molecule has 2 aliphatic heterocycles. The van der Waals surface area contributed by atoms with Crippen molar-refractivity contribution >= 4 is 21.3 Å². The van der Waals surface area contributed by atoms with Crippen molar-refractivity contribution < 1.29 is 27.5 Å². The summed E-state index contributed by atoms with van der Waals surface area (Å²) in [6, 6.07) is 7.80. The largest absolute Gasteiger partial charge is 0.392 e. The molecule has 1 aromatic rings. The van der Waals surface area contributed by atoms with Gasteiger partial charge in [0, 0.05) is 37.2 Å². The highest BCUT2D eigenvalue weighted by molar-refractivity contribution is 7.92. The normalized spacial score (nSPS) is 24.7. The zero-order valence-electron chi connectivity index (χ0n) is 19.2. The molecule has 0 radical (unpaired) electrons. The summed E-state index contributed by atoms with van der Waals surface area (Å²) in [5, 5.41) is 4.17. The smallest absolute Gasteiger partial charge is 0.179 e. The van der Waals surface area contributed by atoms with Gasteiger partial charge in [-0.05, 0) is 56.7 Å². The topological polar surface area (TPSA) is 91.3 Å². The number of ether oxygens (including phenoxy) is 2. The minimum Gasteiger partial charge on any atom is -0.392 e. The second-order valence-corrected chi connectivity index (χ2v) is 11.8. The number of hydrogen-bond donors (Lipinski definition) is 0. The molecule has 0 bridgehead atoms. The van der Waals surface area contributed by atoms with Crippen molar-refractivity contribution in [1.29, 1.82) is 0 Å². The van der Waals surface area contributed by atoms with Crippen LogP contribution in [0.15, 0.2) is 29.4 Å². The number of ketones is 1. The number of Topliss-reactive ketones (excluding diaryl/α,β-unsaturated/α-hetero) is 1. The molecule has 1 saturated heterocycles. The second-order valence-electron chi connectivity index (χ2n) is 9.33. The second kappa shape index (κ2) is 9.96. The Balaban J connectivity index is 1.36. The molecule has 1 saturated carbocycles. The molecule has 2 heterocycles. The van der Waals surface area contributed by atoms with Crippen molar-refractivity contribution in [3.63, 3.8) is 0 Å². The Bertz CT molecular complexity index is 1060. The van der Waals surface area contributed by atoms with Gasteiger partial charge in [-0.1, -0.05) is 29.1 Å². The van der Waals surface area contributed by atoms with Gasteiger partial charge in [0.15, 0.2) is 21.9 Å². The van der Waals surface area contributed by atoms with Crippen molar-refractivity contribution in [3.8, 4) is 11.8 Å². The van der Waals surface area contributed by atoms with Crippen LogP contribution in [0.1, 0.15) is 63.0 Å². The molecule has 0 amide bonds. The molecule has 1 unspecified atom stereocenters. The minimum atomic E-state index is -3.72. The van der Waals surface area contributed by atoms with E-state index >= 15 is 0 Å². The summed E-state index contributed by atoms with van der Waals surface area (Å²) in [6.45, 7) is 1.73. The summed E-state index contributed by atoms with van der Waals surface area (Å²) in [6.07, 6.45) is 5.57. The number of sulfone groups is 1. The van der Waals surface area contributed by atoms with Crippen molar-refractivity contribution in [2.24, 2.45) is 11.1 Å². The number of benzene rings is 1. The van der Waals surface area contributed by atoms with Crippen molar-refractivity contribution in [2.45, 2.75) is 69.0 Å². The highest BCUT2D eigenvalue weighted by atomic mass is 32.2. The molecule has 1 aromatic carbocycles. The third-order valence-corrected chi connectivity index (χ3v) is 8.54. The monoisotopic (exact) mass is 473 g/mol. The van der Waals surface area contributed by atoms with E-state index < -0.39 is 32.8 Å². The lowest BCUT2D eigenvalue weighted by Crippen LogP contribution is -2.48. The van der Waals surface area contributed by atoms with Crippen LogP contribution in [0, 0.1) is 17.8 Å². The average molecular weight is 474 g/mol. The summed E-state index contributed by atoms with van der Waals surface area (Å²) < 4.78 is 34.7. The SMILES string of the molecule is C[C@@](C[C@H]1CC(c2ccc(C#CC3CC3)cc2)=NO1)(C(=O)COC1CCCCO1)S(C)(=O)=O. The molecule has 3 atom stereocenters. The fourth-order valence-electron chi connectivity index (χ4n) is 3.94. The molecule has 178 valence electrons. The number of hydrogen-bond acceptors (Lipinski definition) is 7. The number of carbonyl (C=O) groups is 1. The van der Waals surface area contributed by atoms with Gasteiger partial charge in [0.1, 0.15) is 17.5 Å². The predicted molar refractivity (Wildman–Crippen MR) is 124 cm³/mol. The molecule has 0 spiro atoms. The third-order valence-electron chi connectivity index (χ3n) is 6.51. The Kier molecular flexibility index (Phi) is 7.22. The van der Waals surface area contributed by atoms with Gasteiger partial charge in [0.25, 0.3) is 0 Å². The van der Waals surface area contributed by atoms with Crippen LogP contribution in [0.4, 0.5) is 0 Å². The van der Waals surface area contributed by atoms with Crippen molar-refractivity contribution in [1.82, 2.24) is 0 Å². The van der Waals surface area contributed by atoms with E-state index in [0.717, 1.165) is 35.9 Å². The van der Waals surface area contributed by atoms with E-state index in [1.807, 2.05) is 24.3 Å². The molecular weight excluding hydrogens is 442 g/mol. The standard InChI is InChI=1S/C25H31NO6S/c1-25(33(2,28)29,23(27)17-31-24-5-3-4-14-30-24)16-21-15-22(26-32-21)20-12-10-19(11-13-20)9-8-18-6-7-18/h10-13,18,21,24H,3-7,14-17H2,1-2H3/t21-,24?,25-/m1/s1. The van der Waals surface area contributed by atoms with E-state index in [2.05, 4.69) is 17.0 Å². The Hall–Kier alpha value is -2.21. The first-order valence-corrected chi connectivity index (χ1v) is 13.4. The summed E-state index contributed by atoms with van der Waals surface area (Å²) in [7, 11) is -3.72. The lowest BCUT2D eigenvalue weighted by Gasteiger charge is -2.29. The molecular formula is C25H31NO6S. The van der Waals surface area contributed by atoms with Gasteiger partial charge in [-0.15, -0.1) is 0 Å². The van der Waals surface area contributed by atoms with Crippen LogP contribution >= 0.6 is 0 Å². The summed E-state index contributed by atoms with van der Waals surface area (Å²) >= 11 is 0. The average Bonchev–Trinajstić information content (AvgIpc) is 3.53. The van der Waals surface area contributed by atoms with E-state index in [0.29, 0.717) is 25.4 Å². The number of carbonyl (C=O) groups excluding carboxylic acids is 1. The zero-order valence-corrected chi connectivity index (χ0v) is 20.0. The van der Waals surface area contributed by atoms with Crippen LogP contribution < -0.4 is 0 Å². The quantitative estimate of drug-likeness (QED) is 0.539. The van der Waals surface area contributed by atoms with Gasteiger partial charge in [-0.25, -0.2) is 8.42 Å². The molecule has 7 nitrogen and oxygen atoms in total. The van der Waals surface area contributed by atoms with Crippen LogP contribution in [-0.4, -0.2) is 56.5 Å². The minimum absolute atomic E-state index is 0.0114. The Morgan fingerprint density at radius 3 is 2.61 bits per heavy atom. The first kappa shape index (κ1) is 23.9. The molecule has 1 aliphatic carbocycles. The van der Waals surface area contributed by atoms with Gasteiger partial charge in [-0.2, -0.15) is 0 Å². The number of oxime groups is 1. The first-order chi connectivity index (χ1) is 15.7. The van der Waals surface area contributed by atoms with Crippen LogP contribution in [-0.2, 0) is 28.9 Å². The van der Waals surface area contributed by atoms with Crippen molar-refractivity contribution in [2.75, 3.05) is 19.5 Å². The van der Waals surface area contributed by atoms with Gasteiger partial charge in [-0.3, -0.25) is 4.79 Å². The number of nitrogens with zero attached hydrogens (tertiary/aromatic N) is 1. The maximum atomic E-state index is 13.0.